The number of carbonyl (C=O) groups is 1. The number of aromatic nitrogens is 2. The molecule has 0 aliphatic heterocycles. The number of anilines is 1. The van der Waals surface area contributed by atoms with Gasteiger partial charge in [0.2, 0.25) is 0 Å². The highest BCUT2D eigenvalue weighted by atomic mass is 32.1. The van der Waals surface area contributed by atoms with E-state index in [2.05, 4.69) is 22.9 Å². The van der Waals surface area contributed by atoms with Crippen LogP contribution in [0.5, 0.6) is 5.75 Å². The van der Waals surface area contributed by atoms with Crippen LogP contribution in [0.25, 0.3) is 5.69 Å². The summed E-state index contributed by atoms with van der Waals surface area (Å²) in [5.41, 5.74) is 1.47. The Morgan fingerprint density at radius 2 is 1.95 bits per heavy atom. The van der Waals surface area contributed by atoms with Gasteiger partial charge in [0.15, 0.2) is 5.16 Å². The number of benzene rings is 2. The van der Waals surface area contributed by atoms with Gasteiger partial charge >= 0.3 is 6.09 Å². The molecule has 1 N–H and O–H groups in total. The van der Waals surface area contributed by atoms with Gasteiger partial charge in [-0.15, -0.1) is 12.6 Å². The molecule has 3 aromatic rings. The predicted octanol–water partition coefficient (Wildman–Crippen LogP) is 3.77. The first-order valence-corrected chi connectivity index (χ1v) is 7.04. The van der Waals surface area contributed by atoms with Crippen LogP contribution in [-0.2, 0) is 0 Å². The molecule has 0 atom stereocenters. The lowest BCUT2D eigenvalue weighted by Crippen LogP contribution is -2.16. The number of imidazole rings is 1. The molecule has 6 heteroatoms. The molecule has 0 fully saturated rings. The van der Waals surface area contributed by atoms with Crippen molar-refractivity contribution in [2.45, 2.75) is 5.16 Å². The van der Waals surface area contributed by atoms with E-state index in [9.17, 15) is 4.79 Å². The minimum absolute atomic E-state index is 0.489. The average molecular weight is 311 g/mol. The quantitative estimate of drug-likeness (QED) is 0.724. The Kier molecular flexibility index (Phi) is 4.11. The third-order valence-electron chi connectivity index (χ3n) is 2.95. The Balaban J connectivity index is 1.73. The van der Waals surface area contributed by atoms with Crippen molar-refractivity contribution in [2.75, 3.05) is 5.32 Å². The van der Waals surface area contributed by atoms with Crippen LogP contribution in [0.3, 0.4) is 0 Å². The van der Waals surface area contributed by atoms with Crippen LogP contribution >= 0.6 is 12.6 Å². The van der Waals surface area contributed by atoms with Crippen LogP contribution in [0, 0.1) is 0 Å². The molecule has 110 valence electrons. The number of amides is 1. The van der Waals surface area contributed by atoms with Crippen molar-refractivity contribution in [3.8, 4) is 11.4 Å². The van der Waals surface area contributed by atoms with Crippen molar-refractivity contribution >= 4 is 24.4 Å². The van der Waals surface area contributed by atoms with Crippen LogP contribution in [0.2, 0.25) is 0 Å². The molecule has 3 rings (SSSR count). The molecule has 0 aliphatic rings. The van der Waals surface area contributed by atoms with E-state index in [0.717, 1.165) is 5.69 Å². The highest BCUT2D eigenvalue weighted by Crippen LogP contribution is 2.18. The molecule has 0 unspecified atom stereocenters. The largest absolute Gasteiger partial charge is 0.417 e. The zero-order valence-corrected chi connectivity index (χ0v) is 12.4. The molecule has 0 bridgehead atoms. The number of nitrogens with zero attached hydrogens (tertiary/aromatic N) is 2. The van der Waals surface area contributed by atoms with Crippen molar-refractivity contribution in [1.82, 2.24) is 9.55 Å². The molecule has 1 aromatic heterocycles. The minimum atomic E-state index is -0.542. The number of rotatable bonds is 3. The Labute approximate surface area is 133 Å². The molecule has 1 amide bonds. The van der Waals surface area contributed by atoms with Gasteiger partial charge < -0.3 is 4.74 Å². The first-order valence-electron chi connectivity index (χ1n) is 6.59. The van der Waals surface area contributed by atoms with Crippen molar-refractivity contribution in [3.63, 3.8) is 0 Å². The van der Waals surface area contributed by atoms with Crippen molar-refractivity contribution in [1.29, 1.82) is 0 Å². The fourth-order valence-corrected chi connectivity index (χ4v) is 2.22. The zero-order valence-electron chi connectivity index (χ0n) is 11.5. The molecular formula is C16H13N3O2S. The van der Waals surface area contributed by atoms with E-state index in [-0.39, 0.29) is 0 Å². The van der Waals surface area contributed by atoms with Crippen LogP contribution in [0.4, 0.5) is 10.5 Å². The van der Waals surface area contributed by atoms with Crippen molar-refractivity contribution in [3.05, 3.63) is 67.0 Å². The normalized spacial score (nSPS) is 10.2. The second-order valence-electron chi connectivity index (χ2n) is 4.48. The van der Waals surface area contributed by atoms with E-state index in [1.807, 2.05) is 24.3 Å². The molecule has 0 radical (unpaired) electrons. The third kappa shape index (κ3) is 3.29. The lowest BCUT2D eigenvalue weighted by Gasteiger charge is -2.09. The molecule has 5 nitrogen and oxygen atoms in total. The molecule has 22 heavy (non-hydrogen) atoms. The Morgan fingerprint density at radius 3 is 2.68 bits per heavy atom. The Hall–Kier alpha value is -2.73. The molecule has 0 saturated heterocycles. The van der Waals surface area contributed by atoms with E-state index in [1.165, 1.54) is 0 Å². The van der Waals surface area contributed by atoms with Crippen LogP contribution in [0.15, 0.2) is 72.1 Å². The van der Waals surface area contributed by atoms with E-state index < -0.39 is 6.09 Å². The summed E-state index contributed by atoms with van der Waals surface area (Å²) in [5, 5.41) is 3.27. The number of ether oxygens (including phenoxy) is 1. The Bertz CT molecular complexity index is 787. The van der Waals surface area contributed by atoms with Gasteiger partial charge in [0.1, 0.15) is 5.75 Å². The smallest absolute Gasteiger partial charge is 0.410 e. The highest BCUT2D eigenvalue weighted by Gasteiger charge is 2.07. The SMILES string of the molecule is O=C(Nc1cccc(-n2ccnc2S)c1)Oc1ccccc1. The number of thiol groups is 1. The summed E-state index contributed by atoms with van der Waals surface area (Å²) in [6.45, 7) is 0. The van der Waals surface area contributed by atoms with Gasteiger partial charge in [0.25, 0.3) is 0 Å². The number of carbonyl (C=O) groups excluding carboxylic acids is 1. The first-order chi connectivity index (χ1) is 10.7. The number of nitrogens with one attached hydrogen (secondary N) is 1. The molecule has 1 heterocycles. The fourth-order valence-electron chi connectivity index (χ4n) is 1.97. The van der Waals surface area contributed by atoms with Gasteiger partial charge in [-0.25, -0.2) is 9.78 Å². The van der Waals surface area contributed by atoms with Crippen molar-refractivity contribution in [2.24, 2.45) is 0 Å². The van der Waals surface area contributed by atoms with E-state index in [4.69, 9.17) is 4.74 Å². The molecule has 2 aromatic carbocycles. The van der Waals surface area contributed by atoms with Gasteiger partial charge in [-0.2, -0.15) is 0 Å². The summed E-state index contributed by atoms with van der Waals surface area (Å²) in [7, 11) is 0. The maximum atomic E-state index is 11.9. The van der Waals surface area contributed by atoms with Crippen LogP contribution < -0.4 is 10.1 Å². The summed E-state index contributed by atoms with van der Waals surface area (Å²) < 4.78 is 6.99. The number of hydrogen-bond acceptors (Lipinski definition) is 4. The van der Waals surface area contributed by atoms with E-state index in [1.54, 1.807) is 47.3 Å². The van der Waals surface area contributed by atoms with Crippen molar-refractivity contribution < 1.29 is 9.53 Å². The van der Waals surface area contributed by atoms with Crippen LogP contribution in [0.1, 0.15) is 0 Å². The third-order valence-corrected chi connectivity index (χ3v) is 3.28. The standard InChI is InChI=1S/C16H13N3O2S/c20-16(21-14-7-2-1-3-8-14)18-12-5-4-6-13(11-12)19-10-9-17-15(19)22/h1-11H,(H,17,22)(H,18,20). The lowest BCUT2D eigenvalue weighted by atomic mass is 10.3. The average Bonchev–Trinajstić information content (AvgIpc) is 2.94. The Morgan fingerprint density at radius 1 is 1.14 bits per heavy atom. The number of para-hydroxylation sites is 1. The summed E-state index contributed by atoms with van der Waals surface area (Å²) in [4.78, 5) is 15.9. The van der Waals surface area contributed by atoms with Gasteiger partial charge in [-0.05, 0) is 30.3 Å². The second kappa shape index (κ2) is 6.36. The van der Waals surface area contributed by atoms with Gasteiger partial charge in [-0.1, -0.05) is 24.3 Å². The van der Waals surface area contributed by atoms with Crippen LogP contribution in [-0.4, -0.2) is 15.6 Å². The van der Waals surface area contributed by atoms with Gasteiger partial charge in [-0.3, -0.25) is 9.88 Å². The van der Waals surface area contributed by atoms with Gasteiger partial charge in [0, 0.05) is 23.8 Å². The first kappa shape index (κ1) is 14.2. The fraction of sp³-hybridized carbons (Fsp3) is 0. The maximum Gasteiger partial charge on any atom is 0.417 e. The summed E-state index contributed by atoms with van der Waals surface area (Å²) >= 11 is 4.27. The molecule has 0 spiro atoms. The van der Waals surface area contributed by atoms with E-state index in [0.29, 0.717) is 16.6 Å². The summed E-state index contributed by atoms with van der Waals surface area (Å²) in [6, 6.07) is 16.2. The monoisotopic (exact) mass is 311 g/mol. The summed E-state index contributed by atoms with van der Waals surface area (Å²) in [5.74, 6) is 0.489. The lowest BCUT2D eigenvalue weighted by molar-refractivity contribution is 0.215. The topological polar surface area (TPSA) is 56.2 Å². The predicted molar refractivity (Wildman–Crippen MR) is 86.9 cm³/mol. The minimum Gasteiger partial charge on any atom is -0.410 e. The molecule has 0 aliphatic carbocycles. The zero-order chi connectivity index (χ0) is 15.4. The maximum absolute atomic E-state index is 11.9. The van der Waals surface area contributed by atoms with Gasteiger partial charge in [0.05, 0.1) is 0 Å². The number of hydrogen-bond donors (Lipinski definition) is 2. The second-order valence-corrected chi connectivity index (χ2v) is 4.88. The highest BCUT2D eigenvalue weighted by molar-refractivity contribution is 7.80. The van der Waals surface area contributed by atoms with E-state index >= 15 is 0 Å². The summed E-state index contributed by atoms with van der Waals surface area (Å²) in [6.07, 6.45) is 2.91. The molecular weight excluding hydrogens is 298 g/mol. The molecule has 0 saturated carbocycles.